The molecule has 0 aliphatic carbocycles. The highest BCUT2D eigenvalue weighted by Gasteiger charge is 2.41. The molecule has 31 heavy (non-hydrogen) atoms. The van der Waals surface area contributed by atoms with Crippen molar-refractivity contribution in [3.8, 4) is 0 Å². The van der Waals surface area contributed by atoms with Gasteiger partial charge in [0.2, 0.25) is 5.91 Å². The highest BCUT2D eigenvalue weighted by molar-refractivity contribution is 8.16. The van der Waals surface area contributed by atoms with E-state index >= 15 is 0 Å². The maximum absolute atomic E-state index is 14.1. The number of nitrogens with zero attached hydrogens (tertiary/aromatic N) is 2. The summed E-state index contributed by atoms with van der Waals surface area (Å²) in [5.41, 5.74) is 2.18. The van der Waals surface area contributed by atoms with Gasteiger partial charge in [0.1, 0.15) is 5.82 Å². The van der Waals surface area contributed by atoms with Crippen LogP contribution < -0.4 is 5.32 Å². The molecule has 2 unspecified atom stereocenters. The summed E-state index contributed by atoms with van der Waals surface area (Å²) in [5, 5.41) is 5.48. The van der Waals surface area contributed by atoms with E-state index in [-0.39, 0.29) is 24.5 Å². The molecular weight excluding hydrogens is 417 g/mol. The zero-order valence-electron chi connectivity index (χ0n) is 18.4. The molecule has 3 rings (SSSR count). The summed E-state index contributed by atoms with van der Waals surface area (Å²) in [6.45, 7) is 9.26. The molecule has 2 atom stereocenters. The van der Waals surface area contributed by atoms with E-state index in [0.29, 0.717) is 27.7 Å². The first kappa shape index (κ1) is 23.1. The second-order valence-electron chi connectivity index (χ2n) is 7.96. The number of ether oxygens (including phenoxy) is 1. The number of hydrogen-bond donors (Lipinski definition) is 1. The van der Waals surface area contributed by atoms with Crippen molar-refractivity contribution in [2.24, 2.45) is 4.99 Å². The summed E-state index contributed by atoms with van der Waals surface area (Å²) in [6.07, 6.45) is 0.651. The lowest BCUT2D eigenvalue weighted by atomic mass is 9.93. The summed E-state index contributed by atoms with van der Waals surface area (Å²) in [7, 11) is 0. The van der Waals surface area contributed by atoms with Gasteiger partial charge < -0.3 is 15.0 Å². The van der Waals surface area contributed by atoms with E-state index in [1.807, 2.05) is 24.2 Å². The number of amides is 1. The highest BCUT2D eigenvalue weighted by atomic mass is 32.2. The van der Waals surface area contributed by atoms with E-state index in [2.05, 4.69) is 10.3 Å². The van der Waals surface area contributed by atoms with Gasteiger partial charge in [0.05, 0.1) is 29.8 Å². The lowest BCUT2D eigenvalue weighted by Gasteiger charge is -2.36. The number of nitrogens with one attached hydrogen (secondary N) is 1. The lowest BCUT2D eigenvalue weighted by molar-refractivity contribution is -0.143. The van der Waals surface area contributed by atoms with Crippen LogP contribution in [0, 0.1) is 5.82 Å². The monoisotopic (exact) mass is 445 g/mol. The summed E-state index contributed by atoms with van der Waals surface area (Å²) < 4.78 is 19.6. The Labute approximate surface area is 186 Å². The van der Waals surface area contributed by atoms with Gasteiger partial charge in [-0.1, -0.05) is 30.8 Å². The van der Waals surface area contributed by atoms with Gasteiger partial charge in [0.15, 0.2) is 5.17 Å². The second-order valence-corrected chi connectivity index (χ2v) is 8.79. The molecule has 1 amide bonds. The standard InChI is InChI=1S/C23H28FN3O3S/c1-6-14(4)25-19(28)11-18-12-31-23-26-15(5)20(22(29)30-13(2)3)21(27(18)23)16-8-7-9-17(24)10-16/h7-10,12-14,21H,6,11H2,1-5H3,(H,25,28). The number of fused-ring (bicyclic) bond motifs is 1. The van der Waals surface area contributed by atoms with Crippen LogP contribution in [0.15, 0.2) is 51.6 Å². The third-order valence-corrected chi connectivity index (χ3v) is 5.98. The number of aliphatic imine (C=N–C) groups is 1. The van der Waals surface area contributed by atoms with Crippen molar-refractivity contribution in [2.45, 2.75) is 65.6 Å². The van der Waals surface area contributed by atoms with Crippen LogP contribution in [-0.4, -0.2) is 34.1 Å². The topological polar surface area (TPSA) is 71.0 Å². The van der Waals surface area contributed by atoms with Gasteiger partial charge in [-0.2, -0.15) is 0 Å². The first-order valence-corrected chi connectivity index (χ1v) is 11.3. The average Bonchev–Trinajstić information content (AvgIpc) is 3.07. The quantitative estimate of drug-likeness (QED) is 0.618. The molecule has 2 aliphatic heterocycles. The van der Waals surface area contributed by atoms with Gasteiger partial charge >= 0.3 is 5.97 Å². The molecule has 2 aliphatic rings. The molecule has 8 heteroatoms. The number of benzene rings is 1. The van der Waals surface area contributed by atoms with Crippen LogP contribution in [0.2, 0.25) is 0 Å². The number of esters is 1. The van der Waals surface area contributed by atoms with Gasteiger partial charge in [0.25, 0.3) is 0 Å². The molecule has 6 nitrogen and oxygen atoms in total. The summed E-state index contributed by atoms with van der Waals surface area (Å²) >= 11 is 1.39. The van der Waals surface area contributed by atoms with Crippen LogP contribution in [-0.2, 0) is 14.3 Å². The number of thioether (sulfide) groups is 1. The predicted molar refractivity (Wildman–Crippen MR) is 121 cm³/mol. The SMILES string of the molecule is CCC(C)NC(=O)CC1=CSC2=NC(C)=C(C(=O)OC(C)C)C(c3cccc(F)c3)N12. The number of hydrogen-bond acceptors (Lipinski definition) is 6. The van der Waals surface area contributed by atoms with Crippen LogP contribution >= 0.6 is 11.8 Å². The molecular formula is C23H28FN3O3S. The second kappa shape index (κ2) is 9.68. The Hall–Kier alpha value is -2.61. The minimum Gasteiger partial charge on any atom is -0.459 e. The van der Waals surface area contributed by atoms with Crippen LogP contribution in [0.3, 0.4) is 0 Å². The third-order valence-electron chi connectivity index (χ3n) is 5.09. The van der Waals surface area contributed by atoms with Gasteiger partial charge in [-0.05, 0) is 57.2 Å². The van der Waals surface area contributed by atoms with Crippen molar-refractivity contribution in [2.75, 3.05) is 0 Å². The van der Waals surface area contributed by atoms with Crippen molar-refractivity contribution in [3.63, 3.8) is 0 Å². The highest BCUT2D eigenvalue weighted by Crippen LogP contribution is 2.45. The summed E-state index contributed by atoms with van der Waals surface area (Å²) in [4.78, 5) is 32.0. The number of carbonyl (C=O) groups excluding carboxylic acids is 2. The zero-order valence-corrected chi connectivity index (χ0v) is 19.3. The predicted octanol–water partition coefficient (Wildman–Crippen LogP) is 4.66. The minimum absolute atomic E-state index is 0.0642. The molecule has 1 aromatic rings. The molecule has 0 radical (unpaired) electrons. The molecule has 166 valence electrons. The minimum atomic E-state index is -0.632. The van der Waals surface area contributed by atoms with E-state index in [9.17, 15) is 14.0 Å². The molecule has 0 saturated heterocycles. The van der Waals surface area contributed by atoms with E-state index in [0.717, 1.165) is 6.42 Å². The summed E-state index contributed by atoms with van der Waals surface area (Å²) in [5.74, 6) is -1.01. The Morgan fingerprint density at radius 3 is 2.71 bits per heavy atom. The maximum atomic E-state index is 14.1. The van der Waals surface area contributed by atoms with Gasteiger partial charge in [0, 0.05) is 11.7 Å². The maximum Gasteiger partial charge on any atom is 0.338 e. The third kappa shape index (κ3) is 5.18. The Bertz CT molecular complexity index is 971. The Morgan fingerprint density at radius 1 is 1.32 bits per heavy atom. The molecule has 0 bridgehead atoms. The van der Waals surface area contributed by atoms with Crippen LogP contribution in [0.25, 0.3) is 0 Å². The van der Waals surface area contributed by atoms with E-state index in [1.165, 1.54) is 23.9 Å². The molecule has 1 aromatic carbocycles. The number of amidine groups is 1. The molecule has 1 N–H and O–H groups in total. The summed E-state index contributed by atoms with van der Waals surface area (Å²) in [6, 6.07) is 5.58. The van der Waals surface area contributed by atoms with Crippen LogP contribution in [0.5, 0.6) is 0 Å². The average molecular weight is 446 g/mol. The number of halogens is 1. The van der Waals surface area contributed by atoms with Crippen molar-refractivity contribution >= 4 is 28.8 Å². The van der Waals surface area contributed by atoms with Crippen molar-refractivity contribution in [1.82, 2.24) is 10.2 Å². The largest absolute Gasteiger partial charge is 0.459 e. The number of carbonyl (C=O) groups is 2. The number of rotatable bonds is 7. The molecule has 0 saturated carbocycles. The van der Waals surface area contributed by atoms with Gasteiger partial charge in [-0.3, -0.25) is 4.79 Å². The molecule has 0 aromatic heterocycles. The first-order valence-electron chi connectivity index (χ1n) is 10.4. The van der Waals surface area contributed by atoms with E-state index in [4.69, 9.17) is 4.74 Å². The molecule has 0 spiro atoms. The van der Waals surface area contributed by atoms with E-state index in [1.54, 1.807) is 32.9 Å². The lowest BCUT2D eigenvalue weighted by Crippen LogP contribution is -2.39. The Balaban J connectivity index is 2.01. The van der Waals surface area contributed by atoms with Crippen molar-refractivity contribution in [3.05, 3.63) is 58.0 Å². The number of allylic oxidation sites excluding steroid dienone is 1. The normalized spacial score (nSPS) is 19.1. The van der Waals surface area contributed by atoms with Gasteiger partial charge in [-0.25, -0.2) is 14.2 Å². The first-order chi connectivity index (χ1) is 14.7. The van der Waals surface area contributed by atoms with Gasteiger partial charge in [-0.15, -0.1) is 0 Å². The fourth-order valence-corrected chi connectivity index (χ4v) is 4.46. The van der Waals surface area contributed by atoms with Crippen LogP contribution in [0.1, 0.15) is 59.1 Å². The van der Waals surface area contributed by atoms with Crippen molar-refractivity contribution < 1.29 is 18.7 Å². The smallest absolute Gasteiger partial charge is 0.338 e. The van der Waals surface area contributed by atoms with Crippen molar-refractivity contribution in [1.29, 1.82) is 0 Å². The zero-order chi connectivity index (χ0) is 22.7. The fraction of sp³-hybridized carbons (Fsp3) is 0.435. The fourth-order valence-electron chi connectivity index (χ4n) is 3.49. The Kier molecular flexibility index (Phi) is 7.20. The molecule has 0 fully saturated rings. The Morgan fingerprint density at radius 2 is 2.06 bits per heavy atom. The molecule has 2 heterocycles. The van der Waals surface area contributed by atoms with E-state index < -0.39 is 17.8 Å². The van der Waals surface area contributed by atoms with Crippen LogP contribution in [0.4, 0.5) is 4.39 Å².